The fraction of sp³-hybridized carbons (Fsp3) is 0.722. The Bertz CT molecular complexity index is 599. The quantitative estimate of drug-likeness (QED) is 0.798. The lowest BCUT2D eigenvalue weighted by Crippen LogP contribution is -2.39. The molecule has 2 N–H and O–H groups in total. The van der Waals surface area contributed by atoms with E-state index in [-0.39, 0.29) is 6.04 Å². The fourth-order valence-corrected chi connectivity index (χ4v) is 3.90. The van der Waals surface area contributed by atoms with Crippen LogP contribution in [0.25, 0.3) is 0 Å². The number of hydrogen-bond donors (Lipinski definition) is 2. The third-order valence-electron chi connectivity index (χ3n) is 4.87. The molecule has 1 aromatic heterocycles. The van der Waals surface area contributed by atoms with E-state index in [2.05, 4.69) is 47.3 Å². The summed E-state index contributed by atoms with van der Waals surface area (Å²) in [4.78, 5) is 14.3. The fourth-order valence-electron chi connectivity index (χ4n) is 3.57. The van der Waals surface area contributed by atoms with E-state index in [0.717, 1.165) is 31.3 Å². The zero-order chi connectivity index (χ0) is 17.8. The lowest BCUT2D eigenvalue weighted by Gasteiger charge is -2.35. The van der Waals surface area contributed by atoms with Crippen LogP contribution >= 0.6 is 12.2 Å². The molecule has 0 aromatic carbocycles. The summed E-state index contributed by atoms with van der Waals surface area (Å²) in [5.41, 5.74) is 0. The van der Waals surface area contributed by atoms with Gasteiger partial charge in [0.15, 0.2) is 5.11 Å². The van der Waals surface area contributed by atoms with Crippen LogP contribution < -0.4 is 20.4 Å². The smallest absolute Gasteiger partial charge is 0.232 e. The van der Waals surface area contributed by atoms with Crippen molar-refractivity contribution in [1.82, 2.24) is 15.3 Å². The Morgan fingerprint density at radius 3 is 2.48 bits per heavy atom. The van der Waals surface area contributed by atoms with Gasteiger partial charge in [0.1, 0.15) is 11.6 Å². The molecule has 1 aromatic rings. The Hall–Kier alpha value is -1.63. The lowest BCUT2D eigenvalue weighted by atomic mass is 10.0. The summed E-state index contributed by atoms with van der Waals surface area (Å²) in [6.45, 7) is 9.62. The molecule has 25 heavy (non-hydrogen) atoms. The number of rotatable bonds is 4. The van der Waals surface area contributed by atoms with E-state index in [0.29, 0.717) is 17.1 Å². The molecular formula is C18H30N6S. The second-order valence-electron chi connectivity index (χ2n) is 7.39. The van der Waals surface area contributed by atoms with Crippen LogP contribution in [-0.4, -0.2) is 46.8 Å². The average Bonchev–Trinajstić information content (AvgIpc) is 3.08. The van der Waals surface area contributed by atoms with Crippen molar-refractivity contribution in [3.63, 3.8) is 0 Å². The first-order valence-corrected chi connectivity index (χ1v) is 9.92. The number of anilines is 3. The summed E-state index contributed by atoms with van der Waals surface area (Å²) in [6, 6.07) is 2.95. The average molecular weight is 363 g/mol. The number of piperidine rings is 1. The highest BCUT2D eigenvalue weighted by atomic mass is 32.1. The topological polar surface area (TPSA) is 56.3 Å². The summed E-state index contributed by atoms with van der Waals surface area (Å²) >= 11 is 5.38. The Morgan fingerprint density at radius 1 is 1.12 bits per heavy atom. The third kappa shape index (κ3) is 4.71. The maximum Gasteiger partial charge on any atom is 0.232 e. The summed E-state index contributed by atoms with van der Waals surface area (Å²) in [6.07, 6.45) is 6.21. The highest BCUT2D eigenvalue weighted by Gasteiger charge is 2.23. The Kier molecular flexibility index (Phi) is 5.93. The SMILES string of the molecule is CC(C)NC(=S)Nc1nc(N2CCCC2)cc(N2CCCC[C@H]2C)n1. The molecule has 138 valence electrons. The van der Waals surface area contributed by atoms with Crippen molar-refractivity contribution in [3.8, 4) is 0 Å². The lowest BCUT2D eigenvalue weighted by molar-refractivity contribution is 0.481. The number of aromatic nitrogens is 2. The van der Waals surface area contributed by atoms with Crippen LogP contribution in [0.3, 0.4) is 0 Å². The number of thiocarbonyl (C=S) groups is 1. The van der Waals surface area contributed by atoms with Crippen molar-refractivity contribution in [2.24, 2.45) is 0 Å². The monoisotopic (exact) mass is 362 g/mol. The second-order valence-corrected chi connectivity index (χ2v) is 7.80. The van der Waals surface area contributed by atoms with Gasteiger partial charge in [-0.05, 0) is 65.1 Å². The Labute approximate surface area is 156 Å². The van der Waals surface area contributed by atoms with Crippen molar-refractivity contribution >= 4 is 34.9 Å². The van der Waals surface area contributed by atoms with Gasteiger partial charge in [-0.3, -0.25) is 0 Å². The summed E-state index contributed by atoms with van der Waals surface area (Å²) in [7, 11) is 0. The van der Waals surface area contributed by atoms with E-state index in [9.17, 15) is 0 Å². The highest BCUT2D eigenvalue weighted by Crippen LogP contribution is 2.28. The number of hydrogen-bond acceptors (Lipinski definition) is 5. The van der Waals surface area contributed by atoms with E-state index in [1.807, 2.05) is 0 Å². The van der Waals surface area contributed by atoms with Crippen LogP contribution in [0, 0.1) is 0 Å². The molecule has 3 rings (SSSR count). The van der Waals surface area contributed by atoms with Gasteiger partial charge in [-0.25, -0.2) is 0 Å². The molecule has 2 saturated heterocycles. The van der Waals surface area contributed by atoms with Crippen molar-refractivity contribution in [3.05, 3.63) is 6.07 Å². The summed E-state index contributed by atoms with van der Waals surface area (Å²) < 4.78 is 0. The number of nitrogens with zero attached hydrogens (tertiary/aromatic N) is 4. The van der Waals surface area contributed by atoms with Gasteiger partial charge in [-0.2, -0.15) is 9.97 Å². The minimum atomic E-state index is 0.281. The predicted molar refractivity (Wildman–Crippen MR) is 109 cm³/mol. The highest BCUT2D eigenvalue weighted by molar-refractivity contribution is 7.80. The molecule has 1 atom stereocenters. The molecule has 0 amide bonds. The van der Waals surface area contributed by atoms with E-state index in [1.165, 1.54) is 32.1 Å². The first kappa shape index (κ1) is 18.2. The molecule has 7 heteroatoms. The molecule has 3 heterocycles. The molecule has 6 nitrogen and oxygen atoms in total. The van der Waals surface area contributed by atoms with Gasteiger partial charge in [0.2, 0.25) is 5.95 Å². The molecule has 2 aliphatic heterocycles. The zero-order valence-electron chi connectivity index (χ0n) is 15.6. The van der Waals surface area contributed by atoms with Crippen molar-refractivity contribution < 1.29 is 0 Å². The van der Waals surface area contributed by atoms with Gasteiger partial charge in [-0.1, -0.05) is 0 Å². The van der Waals surface area contributed by atoms with Gasteiger partial charge in [0.25, 0.3) is 0 Å². The number of nitrogens with one attached hydrogen (secondary N) is 2. The maximum atomic E-state index is 5.38. The molecule has 2 aliphatic rings. The minimum Gasteiger partial charge on any atom is -0.360 e. The van der Waals surface area contributed by atoms with E-state index in [1.54, 1.807) is 0 Å². The summed E-state index contributed by atoms with van der Waals surface area (Å²) in [5.74, 6) is 2.62. The van der Waals surface area contributed by atoms with Gasteiger partial charge in [0.05, 0.1) is 0 Å². The van der Waals surface area contributed by atoms with Gasteiger partial charge < -0.3 is 20.4 Å². The molecule has 0 saturated carbocycles. The first-order chi connectivity index (χ1) is 12.0. The molecule has 0 aliphatic carbocycles. The van der Waals surface area contributed by atoms with E-state index < -0.39 is 0 Å². The van der Waals surface area contributed by atoms with Crippen molar-refractivity contribution in [2.45, 2.75) is 65.0 Å². The largest absolute Gasteiger partial charge is 0.360 e. The second kappa shape index (κ2) is 8.17. The van der Waals surface area contributed by atoms with Crippen LogP contribution in [-0.2, 0) is 0 Å². The predicted octanol–water partition coefficient (Wildman–Crippen LogP) is 3.15. The van der Waals surface area contributed by atoms with Crippen LogP contribution in [0.2, 0.25) is 0 Å². The maximum absolute atomic E-state index is 5.38. The van der Waals surface area contributed by atoms with Gasteiger partial charge in [-0.15, -0.1) is 0 Å². The van der Waals surface area contributed by atoms with Crippen molar-refractivity contribution in [2.75, 3.05) is 34.8 Å². The molecular weight excluding hydrogens is 332 g/mol. The minimum absolute atomic E-state index is 0.281. The van der Waals surface area contributed by atoms with E-state index >= 15 is 0 Å². The third-order valence-corrected chi connectivity index (χ3v) is 5.09. The van der Waals surface area contributed by atoms with E-state index in [4.69, 9.17) is 22.2 Å². The summed E-state index contributed by atoms with van der Waals surface area (Å²) in [5, 5.41) is 6.95. The van der Waals surface area contributed by atoms with Crippen LogP contribution in [0.5, 0.6) is 0 Å². The first-order valence-electron chi connectivity index (χ1n) is 9.51. The molecule has 2 fully saturated rings. The normalized spacial score (nSPS) is 20.9. The Balaban J connectivity index is 1.86. The van der Waals surface area contributed by atoms with Gasteiger partial charge in [0, 0.05) is 37.8 Å². The molecule has 0 bridgehead atoms. The van der Waals surface area contributed by atoms with Crippen LogP contribution in [0.15, 0.2) is 6.07 Å². The van der Waals surface area contributed by atoms with Crippen molar-refractivity contribution in [1.29, 1.82) is 0 Å². The molecule has 0 radical (unpaired) electrons. The molecule has 0 unspecified atom stereocenters. The van der Waals surface area contributed by atoms with Crippen LogP contribution in [0.1, 0.15) is 52.9 Å². The van der Waals surface area contributed by atoms with Crippen LogP contribution in [0.4, 0.5) is 17.6 Å². The molecule has 0 spiro atoms. The standard InChI is InChI=1S/C18H30N6S/c1-13(2)19-18(25)22-17-20-15(23-9-6-7-10-23)12-16(21-17)24-11-5-4-8-14(24)3/h12-14H,4-11H2,1-3H3,(H2,19,20,21,22,25)/t14-/m1/s1. The Morgan fingerprint density at radius 2 is 1.80 bits per heavy atom. The van der Waals surface area contributed by atoms with Gasteiger partial charge >= 0.3 is 0 Å². The zero-order valence-corrected chi connectivity index (χ0v) is 16.4.